The zero-order chi connectivity index (χ0) is 18.4. The first-order valence-corrected chi connectivity index (χ1v) is 8.19. The van der Waals surface area contributed by atoms with Crippen LogP contribution in [-0.4, -0.2) is 36.7 Å². The van der Waals surface area contributed by atoms with Gasteiger partial charge in [0.1, 0.15) is 11.8 Å². The predicted molar refractivity (Wildman–Crippen MR) is 91.0 cm³/mol. The quantitative estimate of drug-likeness (QED) is 0.790. The van der Waals surface area contributed by atoms with Crippen molar-refractivity contribution in [1.82, 2.24) is 5.32 Å². The molecule has 2 rings (SSSR count). The van der Waals surface area contributed by atoms with Crippen LogP contribution in [0, 0.1) is 5.92 Å². The van der Waals surface area contributed by atoms with E-state index in [-0.39, 0.29) is 29.6 Å². The van der Waals surface area contributed by atoms with E-state index in [1.807, 2.05) is 0 Å². The normalized spacial score (nSPS) is 18.2. The molecule has 0 heterocycles. The topological polar surface area (TPSA) is 102 Å². The van der Waals surface area contributed by atoms with Crippen LogP contribution < -0.4 is 10.6 Å². The van der Waals surface area contributed by atoms with Gasteiger partial charge < -0.3 is 15.4 Å². The van der Waals surface area contributed by atoms with Gasteiger partial charge in [-0.15, -0.1) is 0 Å². The van der Waals surface area contributed by atoms with E-state index in [4.69, 9.17) is 4.74 Å². The molecule has 0 radical (unpaired) electrons. The maximum atomic E-state index is 12.6. The van der Waals surface area contributed by atoms with E-state index in [2.05, 4.69) is 10.6 Å². The molecule has 2 N–H and O–H groups in total. The largest absolute Gasteiger partial charge is 0.467 e. The summed E-state index contributed by atoms with van der Waals surface area (Å²) in [7, 11) is 1.25. The number of para-hydroxylation sites is 1. The lowest BCUT2D eigenvalue weighted by Gasteiger charge is -2.28. The van der Waals surface area contributed by atoms with Gasteiger partial charge >= 0.3 is 5.97 Å². The van der Waals surface area contributed by atoms with Crippen LogP contribution in [0.3, 0.4) is 0 Å². The van der Waals surface area contributed by atoms with Crippen molar-refractivity contribution in [2.24, 2.45) is 5.92 Å². The van der Waals surface area contributed by atoms with Crippen LogP contribution in [0.4, 0.5) is 5.69 Å². The van der Waals surface area contributed by atoms with Gasteiger partial charge in [-0.3, -0.25) is 14.4 Å². The first-order chi connectivity index (χ1) is 11.9. The molecular formula is C18H22N2O5. The lowest BCUT2D eigenvalue weighted by molar-refractivity contribution is -0.145. The molecule has 0 unspecified atom stereocenters. The van der Waals surface area contributed by atoms with Crippen molar-refractivity contribution in [2.45, 2.75) is 38.6 Å². The highest BCUT2D eigenvalue weighted by molar-refractivity contribution is 6.04. The van der Waals surface area contributed by atoms with Crippen molar-refractivity contribution in [2.75, 3.05) is 12.4 Å². The van der Waals surface area contributed by atoms with Crippen LogP contribution in [-0.2, 0) is 19.1 Å². The number of methoxy groups -OCH3 is 1. The zero-order valence-electron chi connectivity index (χ0n) is 14.3. The molecule has 7 heteroatoms. The lowest BCUT2D eigenvalue weighted by Crippen LogP contribution is -2.48. The molecule has 1 aromatic rings. The van der Waals surface area contributed by atoms with Crippen molar-refractivity contribution in [3.8, 4) is 0 Å². The maximum Gasteiger partial charge on any atom is 0.328 e. The summed E-state index contributed by atoms with van der Waals surface area (Å²) in [4.78, 5) is 47.8. The third-order valence-corrected chi connectivity index (χ3v) is 4.22. The maximum absolute atomic E-state index is 12.6. The molecule has 0 saturated heterocycles. The summed E-state index contributed by atoms with van der Waals surface area (Å²) in [6.45, 7) is 1.35. The Hall–Kier alpha value is -2.70. The van der Waals surface area contributed by atoms with Gasteiger partial charge in [-0.25, -0.2) is 4.79 Å². The first kappa shape index (κ1) is 18.6. The fourth-order valence-electron chi connectivity index (χ4n) is 3.04. The molecule has 1 aliphatic carbocycles. The van der Waals surface area contributed by atoms with Gasteiger partial charge in [-0.05, 0) is 30.9 Å². The number of hydrogen-bond donors (Lipinski definition) is 2. The van der Waals surface area contributed by atoms with E-state index in [0.29, 0.717) is 24.9 Å². The molecule has 0 aliphatic heterocycles. The van der Waals surface area contributed by atoms with Crippen molar-refractivity contribution in [3.63, 3.8) is 0 Å². The number of amides is 2. The molecule has 25 heavy (non-hydrogen) atoms. The Bertz CT molecular complexity index is 686. The standard InChI is InChI=1S/C18H22N2O5/c1-11(21)19-15-9-4-3-8-14(15)17(23)20-16(18(24)25-2)12-6-5-7-13(22)10-12/h3-4,8-9,12,16H,5-7,10H2,1-2H3,(H,19,21)(H,20,23)/t12-,16+/m1/s1. The van der Waals surface area contributed by atoms with E-state index in [0.717, 1.165) is 0 Å². The molecule has 0 bridgehead atoms. The minimum absolute atomic E-state index is 0.0815. The van der Waals surface area contributed by atoms with E-state index < -0.39 is 17.9 Å². The highest BCUT2D eigenvalue weighted by Crippen LogP contribution is 2.26. The van der Waals surface area contributed by atoms with Crippen LogP contribution in [0.25, 0.3) is 0 Å². The van der Waals surface area contributed by atoms with E-state index >= 15 is 0 Å². The number of hydrogen-bond acceptors (Lipinski definition) is 5. The summed E-state index contributed by atoms with van der Waals surface area (Å²) in [6.07, 6.45) is 2.10. The second kappa shape index (κ2) is 8.41. The molecule has 1 fully saturated rings. The fraction of sp³-hybridized carbons (Fsp3) is 0.444. The summed E-state index contributed by atoms with van der Waals surface area (Å²) in [5.74, 6) is -1.59. The van der Waals surface area contributed by atoms with Crippen LogP contribution >= 0.6 is 0 Å². The average molecular weight is 346 g/mol. The van der Waals surface area contributed by atoms with Crippen molar-refractivity contribution in [3.05, 3.63) is 29.8 Å². The Balaban J connectivity index is 2.21. The van der Waals surface area contributed by atoms with Gasteiger partial charge in [0, 0.05) is 19.8 Å². The number of ketones is 1. The van der Waals surface area contributed by atoms with E-state index in [9.17, 15) is 19.2 Å². The monoisotopic (exact) mass is 346 g/mol. The number of carbonyl (C=O) groups excluding carboxylic acids is 4. The number of anilines is 1. The summed E-state index contributed by atoms with van der Waals surface area (Å²) in [5.41, 5.74) is 0.601. The highest BCUT2D eigenvalue weighted by Gasteiger charge is 2.34. The third kappa shape index (κ3) is 4.89. The predicted octanol–water partition coefficient (Wildman–Crippen LogP) is 1.68. The molecule has 2 amide bonds. The Labute approximate surface area is 146 Å². The Morgan fingerprint density at radius 1 is 1.24 bits per heavy atom. The summed E-state index contributed by atoms with van der Waals surface area (Å²) in [5, 5.41) is 5.26. The van der Waals surface area contributed by atoms with Gasteiger partial charge in [-0.2, -0.15) is 0 Å². The second-order valence-electron chi connectivity index (χ2n) is 6.10. The number of rotatable bonds is 5. The fourth-order valence-corrected chi connectivity index (χ4v) is 3.04. The molecule has 1 saturated carbocycles. The van der Waals surface area contributed by atoms with Gasteiger partial charge in [0.25, 0.3) is 5.91 Å². The van der Waals surface area contributed by atoms with Gasteiger partial charge in [0.2, 0.25) is 5.91 Å². The molecule has 1 aromatic carbocycles. The van der Waals surface area contributed by atoms with Crippen molar-refractivity contribution < 1.29 is 23.9 Å². The molecule has 0 aromatic heterocycles. The Morgan fingerprint density at radius 3 is 2.60 bits per heavy atom. The van der Waals surface area contributed by atoms with Crippen LogP contribution in [0.1, 0.15) is 43.0 Å². The van der Waals surface area contributed by atoms with Crippen LogP contribution in [0.15, 0.2) is 24.3 Å². The van der Waals surface area contributed by atoms with Crippen molar-refractivity contribution in [1.29, 1.82) is 0 Å². The number of ether oxygens (including phenoxy) is 1. The van der Waals surface area contributed by atoms with E-state index in [1.165, 1.54) is 14.0 Å². The number of Topliss-reactive ketones (excluding diaryl/α,β-unsaturated/α-hetero) is 1. The lowest BCUT2D eigenvalue weighted by atomic mass is 9.83. The average Bonchev–Trinajstić information content (AvgIpc) is 2.58. The molecule has 7 nitrogen and oxygen atoms in total. The summed E-state index contributed by atoms with van der Waals surface area (Å²) in [6, 6.07) is 5.62. The highest BCUT2D eigenvalue weighted by atomic mass is 16.5. The van der Waals surface area contributed by atoms with Crippen LogP contribution in [0.5, 0.6) is 0 Å². The second-order valence-corrected chi connectivity index (χ2v) is 6.10. The van der Waals surface area contributed by atoms with E-state index in [1.54, 1.807) is 24.3 Å². The Kier molecular flexibility index (Phi) is 6.27. The number of benzene rings is 1. The van der Waals surface area contributed by atoms with Gasteiger partial charge in [0.15, 0.2) is 0 Å². The minimum atomic E-state index is -0.896. The number of nitrogens with one attached hydrogen (secondary N) is 2. The molecule has 0 spiro atoms. The van der Waals surface area contributed by atoms with Gasteiger partial charge in [0.05, 0.1) is 18.4 Å². The SMILES string of the molecule is COC(=O)[C@@H](NC(=O)c1ccccc1NC(C)=O)[C@@H]1CCCC(=O)C1. The molecule has 1 aliphatic rings. The van der Waals surface area contributed by atoms with Crippen molar-refractivity contribution >= 4 is 29.3 Å². The van der Waals surface area contributed by atoms with Gasteiger partial charge in [-0.1, -0.05) is 12.1 Å². The third-order valence-electron chi connectivity index (χ3n) is 4.22. The number of esters is 1. The smallest absolute Gasteiger partial charge is 0.328 e. The molecular weight excluding hydrogens is 324 g/mol. The minimum Gasteiger partial charge on any atom is -0.467 e. The van der Waals surface area contributed by atoms with Crippen LogP contribution in [0.2, 0.25) is 0 Å². The molecule has 134 valence electrons. The summed E-state index contributed by atoms with van der Waals surface area (Å²) < 4.78 is 4.80. The number of carbonyl (C=O) groups is 4. The zero-order valence-corrected chi connectivity index (χ0v) is 14.3. The molecule has 2 atom stereocenters. The Morgan fingerprint density at radius 2 is 1.96 bits per heavy atom. The summed E-state index contributed by atoms with van der Waals surface area (Å²) >= 11 is 0. The first-order valence-electron chi connectivity index (χ1n) is 8.19.